The van der Waals surface area contributed by atoms with E-state index in [2.05, 4.69) is 143 Å². The Bertz CT molecular complexity index is 2650. The second-order valence-electron chi connectivity index (χ2n) is 11.9. The van der Waals surface area contributed by atoms with Crippen LogP contribution in [0.1, 0.15) is 17.7 Å². The Morgan fingerprint density at radius 1 is 0.578 bits per heavy atom. The fourth-order valence-electron chi connectivity index (χ4n) is 7.45. The summed E-state index contributed by atoms with van der Waals surface area (Å²) in [5.74, 6) is 0.996. The Morgan fingerprint density at radius 3 is 2.16 bits per heavy atom. The van der Waals surface area contributed by atoms with E-state index >= 15 is 0 Å². The molecule has 0 saturated heterocycles. The molecule has 10 rings (SSSR count). The summed E-state index contributed by atoms with van der Waals surface area (Å²) >= 11 is 1.83. The Morgan fingerprint density at radius 2 is 1.29 bits per heavy atom. The molecule has 0 radical (unpaired) electrons. The maximum Gasteiger partial charge on any atom is 0.155 e. The molecule has 212 valence electrons. The van der Waals surface area contributed by atoms with Crippen molar-refractivity contribution >= 4 is 70.3 Å². The van der Waals surface area contributed by atoms with Gasteiger partial charge in [-0.1, -0.05) is 72.8 Å². The minimum Gasteiger partial charge on any atom is -0.310 e. The molecule has 0 unspecified atom stereocenters. The lowest BCUT2D eigenvalue weighted by Crippen LogP contribution is -1.99. The standard InChI is InChI=1S/C41H27N3S/c1-2-10-28(11-3-1)43-35-15-7-4-12-29(35)33-24-26(18-20-37(33)43)27-19-21-38-34(25-27)30-13-5-8-16-36(30)44(38)41-40-32(22-23-42-41)31-14-6-9-17-39(31)45-40/h1-3,5-11,13-25H,4,12H2. The summed E-state index contributed by atoms with van der Waals surface area (Å²) in [5, 5.41) is 6.39. The number of para-hydroxylation sites is 2. The van der Waals surface area contributed by atoms with Crippen LogP contribution in [0.4, 0.5) is 0 Å². The van der Waals surface area contributed by atoms with E-state index in [1.54, 1.807) is 0 Å². The van der Waals surface area contributed by atoms with Crippen molar-refractivity contribution < 1.29 is 0 Å². The van der Waals surface area contributed by atoms with Gasteiger partial charge in [0.25, 0.3) is 0 Å². The zero-order chi connectivity index (χ0) is 29.5. The van der Waals surface area contributed by atoms with Crippen LogP contribution in [0.3, 0.4) is 0 Å². The highest BCUT2D eigenvalue weighted by molar-refractivity contribution is 7.26. The molecular formula is C41H27N3S. The van der Waals surface area contributed by atoms with E-state index in [0.29, 0.717) is 0 Å². The largest absolute Gasteiger partial charge is 0.310 e. The van der Waals surface area contributed by atoms with Gasteiger partial charge in [0.2, 0.25) is 0 Å². The predicted molar refractivity (Wildman–Crippen MR) is 191 cm³/mol. The number of nitrogens with zero attached hydrogens (tertiary/aromatic N) is 3. The van der Waals surface area contributed by atoms with Crippen molar-refractivity contribution in [2.24, 2.45) is 0 Å². The highest BCUT2D eigenvalue weighted by Crippen LogP contribution is 2.41. The lowest BCUT2D eigenvalue weighted by Gasteiger charge is -2.11. The first-order chi connectivity index (χ1) is 22.3. The number of aromatic nitrogens is 3. The molecule has 0 amide bonds. The van der Waals surface area contributed by atoms with Gasteiger partial charge in [-0.25, -0.2) is 4.98 Å². The quantitative estimate of drug-likeness (QED) is 0.200. The average molecular weight is 594 g/mol. The van der Waals surface area contributed by atoms with Crippen LogP contribution in [0.15, 0.2) is 134 Å². The normalized spacial score (nSPS) is 13.1. The van der Waals surface area contributed by atoms with Gasteiger partial charge in [-0.05, 0) is 90.2 Å². The maximum atomic E-state index is 4.99. The number of benzene rings is 5. The Kier molecular flexibility index (Phi) is 5.28. The summed E-state index contributed by atoms with van der Waals surface area (Å²) in [4.78, 5) is 4.99. The van der Waals surface area contributed by atoms with E-state index < -0.39 is 0 Å². The van der Waals surface area contributed by atoms with Crippen molar-refractivity contribution in [3.63, 3.8) is 0 Å². The molecule has 3 nitrogen and oxygen atoms in total. The van der Waals surface area contributed by atoms with Crippen LogP contribution in [0.25, 0.3) is 81.6 Å². The zero-order valence-electron chi connectivity index (χ0n) is 24.4. The van der Waals surface area contributed by atoms with Crippen LogP contribution in [-0.4, -0.2) is 14.1 Å². The summed E-state index contributed by atoms with van der Waals surface area (Å²) in [7, 11) is 0. The second kappa shape index (κ2) is 9.52. The van der Waals surface area contributed by atoms with E-state index in [1.165, 1.54) is 81.0 Å². The van der Waals surface area contributed by atoms with E-state index in [4.69, 9.17) is 4.98 Å². The van der Waals surface area contributed by atoms with Gasteiger partial charge in [0.05, 0.1) is 21.3 Å². The average Bonchev–Trinajstić information content (AvgIpc) is 3.76. The minimum absolute atomic E-state index is 0.996. The third kappa shape index (κ3) is 3.60. The summed E-state index contributed by atoms with van der Waals surface area (Å²) < 4.78 is 7.29. The smallest absolute Gasteiger partial charge is 0.155 e. The summed E-state index contributed by atoms with van der Waals surface area (Å²) in [5.41, 5.74) is 10.1. The number of allylic oxidation sites excluding steroid dienone is 1. The van der Waals surface area contributed by atoms with Gasteiger partial charge in [0.1, 0.15) is 0 Å². The molecule has 1 aliphatic rings. The van der Waals surface area contributed by atoms with E-state index in [-0.39, 0.29) is 0 Å². The molecule has 0 spiro atoms. The fraction of sp³-hybridized carbons (Fsp3) is 0.0488. The SMILES string of the molecule is C1=Cc2c(c3cc(-c4ccc5c(c4)c4ccccc4n5-c4nccc5c4sc4ccccc45)ccc3n2-c2ccccc2)CC1. The first-order valence-electron chi connectivity index (χ1n) is 15.5. The molecule has 0 N–H and O–H groups in total. The molecule has 0 bridgehead atoms. The van der Waals surface area contributed by atoms with Crippen LogP contribution in [0.2, 0.25) is 0 Å². The van der Waals surface area contributed by atoms with Crippen LogP contribution >= 0.6 is 11.3 Å². The third-order valence-electron chi connectivity index (χ3n) is 9.46. The van der Waals surface area contributed by atoms with Crippen LogP contribution in [0, 0.1) is 0 Å². The molecule has 1 aliphatic carbocycles. The first kappa shape index (κ1) is 24.9. The van der Waals surface area contributed by atoms with E-state index in [0.717, 1.165) is 18.7 Å². The number of hydrogen-bond donors (Lipinski definition) is 0. The Labute approximate surface area is 263 Å². The minimum atomic E-state index is 0.996. The molecule has 0 fully saturated rings. The molecular weight excluding hydrogens is 567 g/mol. The van der Waals surface area contributed by atoms with Crippen molar-refractivity contribution in [3.8, 4) is 22.6 Å². The lowest BCUT2D eigenvalue weighted by atomic mass is 9.97. The van der Waals surface area contributed by atoms with Gasteiger partial charge in [-0.2, -0.15) is 0 Å². The lowest BCUT2D eigenvalue weighted by molar-refractivity contribution is 0.967. The number of rotatable bonds is 3. The van der Waals surface area contributed by atoms with Crippen molar-refractivity contribution in [2.75, 3.05) is 0 Å². The number of hydrogen-bond acceptors (Lipinski definition) is 2. The van der Waals surface area contributed by atoms with Crippen molar-refractivity contribution in [2.45, 2.75) is 12.8 Å². The van der Waals surface area contributed by atoms with Crippen LogP contribution < -0.4 is 0 Å². The van der Waals surface area contributed by atoms with Crippen LogP contribution in [0.5, 0.6) is 0 Å². The monoisotopic (exact) mass is 593 g/mol. The van der Waals surface area contributed by atoms with Gasteiger partial charge in [-0.3, -0.25) is 4.57 Å². The molecule has 0 saturated carbocycles. The van der Waals surface area contributed by atoms with Crippen molar-refractivity contribution in [1.29, 1.82) is 0 Å². The molecule has 4 aromatic heterocycles. The zero-order valence-corrected chi connectivity index (χ0v) is 25.3. The van der Waals surface area contributed by atoms with Gasteiger partial charge in [0, 0.05) is 49.2 Å². The molecule has 5 aromatic carbocycles. The highest BCUT2D eigenvalue weighted by atomic mass is 32.1. The van der Waals surface area contributed by atoms with Gasteiger partial charge < -0.3 is 4.57 Å². The molecule has 0 atom stereocenters. The Balaban J connectivity index is 1.19. The van der Waals surface area contributed by atoms with Crippen molar-refractivity contribution in [1.82, 2.24) is 14.1 Å². The van der Waals surface area contributed by atoms with Crippen molar-refractivity contribution in [3.05, 3.63) is 145 Å². The maximum absolute atomic E-state index is 4.99. The first-order valence-corrected chi connectivity index (χ1v) is 16.3. The van der Waals surface area contributed by atoms with Gasteiger partial charge >= 0.3 is 0 Å². The number of aryl methyl sites for hydroxylation is 1. The van der Waals surface area contributed by atoms with Gasteiger partial charge in [-0.15, -0.1) is 11.3 Å². The van der Waals surface area contributed by atoms with E-state index in [9.17, 15) is 0 Å². The Hall–Kier alpha value is -5.45. The predicted octanol–water partition coefficient (Wildman–Crippen LogP) is 11.1. The molecule has 4 heterocycles. The second-order valence-corrected chi connectivity index (χ2v) is 13.0. The van der Waals surface area contributed by atoms with Gasteiger partial charge in [0.15, 0.2) is 5.82 Å². The molecule has 4 heteroatoms. The third-order valence-corrected chi connectivity index (χ3v) is 10.6. The summed E-state index contributed by atoms with van der Waals surface area (Å²) in [6.07, 6.45) is 8.71. The molecule has 9 aromatic rings. The molecule has 0 aliphatic heterocycles. The van der Waals surface area contributed by atoms with Crippen LogP contribution in [-0.2, 0) is 6.42 Å². The number of pyridine rings is 1. The number of fused-ring (bicyclic) bond motifs is 9. The fourth-order valence-corrected chi connectivity index (χ4v) is 8.63. The highest BCUT2D eigenvalue weighted by Gasteiger charge is 2.21. The van der Waals surface area contributed by atoms with E-state index in [1.807, 2.05) is 17.5 Å². The summed E-state index contributed by atoms with van der Waals surface area (Å²) in [6.45, 7) is 0. The molecule has 45 heavy (non-hydrogen) atoms. The summed E-state index contributed by atoms with van der Waals surface area (Å²) in [6, 6.07) is 44.2. The number of thiophene rings is 1. The topological polar surface area (TPSA) is 22.8 Å².